The first-order valence-electron chi connectivity index (χ1n) is 12.4. The average Bonchev–Trinajstić information content (AvgIpc) is 3.16. The van der Waals surface area contributed by atoms with Crippen molar-refractivity contribution < 1.29 is 42.5 Å². The van der Waals surface area contributed by atoms with Gasteiger partial charge in [-0.2, -0.15) is 0 Å². The van der Waals surface area contributed by atoms with Gasteiger partial charge in [0.15, 0.2) is 23.8 Å². The van der Waals surface area contributed by atoms with Crippen LogP contribution in [0.25, 0.3) is 0 Å². The molecule has 1 saturated heterocycles. The van der Waals surface area contributed by atoms with E-state index in [-0.39, 0.29) is 43.5 Å². The molecule has 3 saturated carbocycles. The second-order valence-electron chi connectivity index (χ2n) is 12.0. The number of ether oxygens (including phenoxy) is 3. The predicted molar refractivity (Wildman–Crippen MR) is 119 cm³/mol. The van der Waals surface area contributed by atoms with Crippen molar-refractivity contribution >= 4 is 17.5 Å². The van der Waals surface area contributed by atoms with Crippen LogP contribution in [-0.4, -0.2) is 64.7 Å². The topological polar surface area (TPSA) is 99.1 Å². The smallest absolute Gasteiger partial charge is 0.303 e. The van der Waals surface area contributed by atoms with E-state index < -0.39 is 76.5 Å². The van der Waals surface area contributed by atoms with Gasteiger partial charge in [0.25, 0.3) is 0 Å². The fourth-order valence-corrected chi connectivity index (χ4v) is 8.43. The van der Waals surface area contributed by atoms with Gasteiger partial charge in [-0.05, 0) is 57.1 Å². The van der Waals surface area contributed by atoms with E-state index in [1.807, 2.05) is 0 Å². The summed E-state index contributed by atoms with van der Waals surface area (Å²) in [7, 11) is 0. The van der Waals surface area contributed by atoms with Crippen LogP contribution in [0, 0.1) is 22.7 Å². The summed E-state index contributed by atoms with van der Waals surface area (Å²) < 4.78 is 50.4. The highest BCUT2D eigenvalue weighted by molar-refractivity contribution is 5.93. The van der Waals surface area contributed by atoms with Gasteiger partial charge >= 0.3 is 5.97 Å². The Labute approximate surface area is 203 Å². The summed E-state index contributed by atoms with van der Waals surface area (Å²) in [4.78, 5) is 37.2. The lowest BCUT2D eigenvalue weighted by Crippen LogP contribution is -2.71. The lowest BCUT2D eigenvalue weighted by Gasteiger charge is -2.64. The molecule has 0 aromatic carbocycles. The molecule has 0 bridgehead atoms. The van der Waals surface area contributed by atoms with E-state index in [9.17, 15) is 19.5 Å². The minimum Gasteiger partial charge on any atom is -0.458 e. The first-order chi connectivity index (χ1) is 16.1. The van der Waals surface area contributed by atoms with Crippen molar-refractivity contribution in [2.45, 2.75) is 102 Å². The van der Waals surface area contributed by atoms with Crippen LogP contribution >= 0.6 is 0 Å². The number of hydrogen-bond acceptors (Lipinski definition) is 7. The van der Waals surface area contributed by atoms with Gasteiger partial charge in [-0.15, -0.1) is 0 Å². The number of aliphatic hydroxyl groups is 1. The quantitative estimate of drug-likeness (QED) is 0.599. The number of alkyl halides is 2. The van der Waals surface area contributed by atoms with Crippen molar-refractivity contribution in [3.63, 3.8) is 0 Å². The maximum atomic E-state index is 17.3. The van der Waals surface area contributed by atoms with Gasteiger partial charge in [0, 0.05) is 30.1 Å². The van der Waals surface area contributed by atoms with E-state index in [0.717, 1.165) is 0 Å². The second-order valence-corrected chi connectivity index (χ2v) is 12.0. The van der Waals surface area contributed by atoms with Gasteiger partial charge in [0.1, 0.15) is 11.8 Å². The maximum Gasteiger partial charge on any atom is 0.303 e. The molecule has 1 N–H and O–H groups in total. The zero-order valence-corrected chi connectivity index (χ0v) is 20.9. The Morgan fingerprint density at radius 3 is 2.54 bits per heavy atom. The standard InChI is InChI=1S/C26H34F2O7/c1-13(29)33-12-20(32)26-21(34-22(2,3)35-26)10-15-16-9-18(27)17-8-14(30)6-7-23(17,4)25(16,28)19(31)11-24(15,26)5/h8,15-16,18-19,21,31H,6-7,9-12H2,1-5H3/t15-,16-,18?,19-,21?,23-,24-,25?,26+/m0/s1. The molecule has 0 aromatic heterocycles. The fourth-order valence-electron chi connectivity index (χ4n) is 8.43. The minimum absolute atomic E-state index is 0.0909. The zero-order chi connectivity index (χ0) is 25.8. The van der Waals surface area contributed by atoms with Crippen LogP contribution in [0.2, 0.25) is 0 Å². The molecule has 194 valence electrons. The van der Waals surface area contributed by atoms with E-state index in [1.54, 1.807) is 27.7 Å². The van der Waals surface area contributed by atoms with Crippen molar-refractivity contribution in [1.29, 1.82) is 0 Å². The molecule has 0 aromatic rings. The van der Waals surface area contributed by atoms with Gasteiger partial charge in [0.2, 0.25) is 5.78 Å². The Bertz CT molecular complexity index is 1030. The Hall–Kier alpha value is -1.71. The number of hydrogen-bond donors (Lipinski definition) is 1. The summed E-state index contributed by atoms with van der Waals surface area (Å²) in [5.74, 6) is -3.93. The molecule has 1 aliphatic heterocycles. The number of rotatable bonds is 3. The number of carbonyl (C=O) groups is 3. The Balaban J connectivity index is 1.61. The molecule has 5 aliphatic rings. The lowest BCUT2D eigenvalue weighted by molar-refractivity contribution is -0.254. The molecule has 9 atom stereocenters. The normalized spacial score (nSPS) is 49.9. The Morgan fingerprint density at radius 2 is 1.89 bits per heavy atom. The molecule has 3 unspecified atom stereocenters. The number of halogens is 2. The lowest BCUT2D eigenvalue weighted by atomic mass is 9.43. The summed E-state index contributed by atoms with van der Waals surface area (Å²) in [6.07, 6.45) is -2.44. The van der Waals surface area contributed by atoms with E-state index in [2.05, 4.69) is 0 Å². The van der Waals surface area contributed by atoms with Gasteiger partial charge in [0.05, 0.1) is 12.2 Å². The first kappa shape index (κ1) is 25.0. The molecule has 0 spiro atoms. The number of allylic oxidation sites excluding steroid dienone is 1. The Kier molecular flexibility index (Phi) is 5.29. The van der Waals surface area contributed by atoms with Crippen LogP contribution in [0.1, 0.15) is 66.7 Å². The molecule has 1 heterocycles. The monoisotopic (exact) mass is 496 g/mol. The van der Waals surface area contributed by atoms with Crippen molar-refractivity contribution in [2.24, 2.45) is 22.7 Å². The summed E-state index contributed by atoms with van der Waals surface area (Å²) >= 11 is 0. The van der Waals surface area contributed by atoms with Crippen LogP contribution in [-0.2, 0) is 28.6 Å². The number of fused-ring (bicyclic) bond motifs is 7. The maximum absolute atomic E-state index is 17.3. The molecule has 0 amide bonds. The highest BCUT2D eigenvalue weighted by Crippen LogP contribution is 2.73. The second kappa shape index (κ2) is 7.42. The number of ketones is 2. The molecule has 35 heavy (non-hydrogen) atoms. The van der Waals surface area contributed by atoms with Crippen molar-refractivity contribution in [3.8, 4) is 0 Å². The number of esters is 1. The molecule has 4 aliphatic carbocycles. The van der Waals surface area contributed by atoms with Crippen molar-refractivity contribution in [3.05, 3.63) is 11.6 Å². The van der Waals surface area contributed by atoms with Crippen LogP contribution < -0.4 is 0 Å². The third-order valence-electron chi connectivity index (χ3n) is 9.84. The molecule has 7 nitrogen and oxygen atoms in total. The number of Topliss-reactive ketones (excluding diaryl/α,β-unsaturated/α-hetero) is 1. The average molecular weight is 497 g/mol. The van der Waals surface area contributed by atoms with Gasteiger partial charge < -0.3 is 19.3 Å². The van der Waals surface area contributed by atoms with Crippen LogP contribution in [0.15, 0.2) is 11.6 Å². The number of aliphatic hydroxyl groups excluding tert-OH is 1. The van der Waals surface area contributed by atoms with E-state index >= 15 is 8.78 Å². The SMILES string of the molecule is CC(=O)OCC(=O)[C@@]12OC(C)(C)OC1C[C@H]1[C@@H]3CC(F)C4=CC(=O)CC[C@]4(C)C3(F)[C@@H](O)C[C@@]12C. The fraction of sp³-hybridized carbons (Fsp3) is 0.808. The largest absolute Gasteiger partial charge is 0.458 e. The minimum atomic E-state index is -2.18. The van der Waals surface area contributed by atoms with Gasteiger partial charge in [-0.3, -0.25) is 14.4 Å². The summed E-state index contributed by atoms with van der Waals surface area (Å²) in [6.45, 7) is 7.42. The first-order valence-corrected chi connectivity index (χ1v) is 12.4. The van der Waals surface area contributed by atoms with Gasteiger partial charge in [-0.25, -0.2) is 8.78 Å². The highest BCUT2D eigenvalue weighted by Gasteiger charge is 2.80. The summed E-state index contributed by atoms with van der Waals surface area (Å²) in [6, 6.07) is 0. The third-order valence-corrected chi connectivity index (χ3v) is 9.84. The van der Waals surface area contributed by atoms with Gasteiger partial charge in [-0.1, -0.05) is 13.8 Å². The predicted octanol–water partition coefficient (Wildman–Crippen LogP) is 3.16. The highest BCUT2D eigenvalue weighted by atomic mass is 19.1. The molecular formula is C26H34F2O7. The molecule has 5 rings (SSSR count). The Morgan fingerprint density at radius 1 is 1.20 bits per heavy atom. The van der Waals surface area contributed by atoms with Crippen molar-refractivity contribution in [1.82, 2.24) is 0 Å². The molecule has 4 fully saturated rings. The summed E-state index contributed by atoms with van der Waals surface area (Å²) in [5, 5.41) is 11.5. The molecule has 9 heteroatoms. The van der Waals surface area contributed by atoms with E-state index in [1.165, 1.54) is 13.0 Å². The van der Waals surface area contributed by atoms with Crippen LogP contribution in [0.5, 0.6) is 0 Å². The molecule has 0 radical (unpaired) electrons. The van der Waals surface area contributed by atoms with Crippen molar-refractivity contribution in [2.75, 3.05) is 6.61 Å². The zero-order valence-electron chi connectivity index (χ0n) is 20.9. The third kappa shape index (κ3) is 3.01. The van der Waals surface area contributed by atoms with Crippen LogP contribution in [0.3, 0.4) is 0 Å². The number of carbonyl (C=O) groups excluding carboxylic acids is 3. The van der Waals surface area contributed by atoms with E-state index in [4.69, 9.17) is 14.2 Å². The van der Waals surface area contributed by atoms with Crippen LogP contribution in [0.4, 0.5) is 8.78 Å². The summed E-state index contributed by atoms with van der Waals surface area (Å²) in [5.41, 5.74) is -6.06. The van der Waals surface area contributed by atoms with E-state index in [0.29, 0.717) is 0 Å². The molecular weight excluding hydrogens is 462 g/mol.